The first-order valence-corrected chi connectivity index (χ1v) is 6.28. The Bertz CT molecular complexity index is 385. The quantitative estimate of drug-likeness (QED) is 0.886. The highest BCUT2D eigenvalue weighted by atomic mass is 19.4. The molecule has 2 unspecified atom stereocenters. The number of likely N-dealkylation sites (N-methyl/N-ethyl adjacent to an activating group) is 1. The minimum Gasteiger partial charge on any atom is -0.308 e. The molecule has 1 N–H and O–H groups in total. The molecule has 0 aliphatic carbocycles. The summed E-state index contributed by atoms with van der Waals surface area (Å²) in [5.41, 5.74) is 0.253. The van der Waals surface area contributed by atoms with Gasteiger partial charge in [0.2, 0.25) is 0 Å². The maximum atomic E-state index is 12.5. The van der Waals surface area contributed by atoms with Crippen LogP contribution in [0.1, 0.15) is 31.0 Å². The third kappa shape index (κ3) is 5.20. The molecule has 0 saturated carbocycles. The van der Waals surface area contributed by atoms with Crippen LogP contribution in [-0.2, 0) is 6.18 Å². The summed E-state index contributed by atoms with van der Waals surface area (Å²) in [6.45, 7) is 4.89. The number of benzene rings is 1. The van der Waals surface area contributed by atoms with Crippen LogP contribution in [0.5, 0.6) is 0 Å². The fraction of sp³-hybridized carbons (Fsp3) is 0.571. The van der Waals surface area contributed by atoms with Gasteiger partial charge in [-0.25, -0.2) is 0 Å². The van der Waals surface area contributed by atoms with Gasteiger partial charge in [-0.15, -0.1) is 0 Å². The van der Waals surface area contributed by atoms with Gasteiger partial charge in [0.15, 0.2) is 0 Å². The average molecular weight is 274 g/mol. The molecule has 0 amide bonds. The summed E-state index contributed by atoms with van der Waals surface area (Å²) in [5.74, 6) is 0. The van der Waals surface area contributed by atoms with E-state index in [2.05, 4.69) is 17.1 Å². The van der Waals surface area contributed by atoms with E-state index in [1.807, 2.05) is 21.0 Å². The SMILES string of the molecule is CC(CN(C)C)NC(C)c1ccc(C(F)(F)F)cc1. The fourth-order valence-electron chi connectivity index (χ4n) is 2.08. The van der Waals surface area contributed by atoms with E-state index in [1.165, 1.54) is 12.1 Å². The maximum Gasteiger partial charge on any atom is 0.416 e. The summed E-state index contributed by atoms with van der Waals surface area (Å²) >= 11 is 0. The zero-order chi connectivity index (χ0) is 14.6. The van der Waals surface area contributed by atoms with E-state index in [-0.39, 0.29) is 12.1 Å². The van der Waals surface area contributed by atoms with Crippen LogP contribution in [0.25, 0.3) is 0 Å². The van der Waals surface area contributed by atoms with E-state index < -0.39 is 11.7 Å². The highest BCUT2D eigenvalue weighted by Crippen LogP contribution is 2.29. The monoisotopic (exact) mass is 274 g/mol. The molecule has 0 radical (unpaired) electrons. The molecule has 0 spiro atoms. The highest BCUT2D eigenvalue weighted by molar-refractivity contribution is 5.26. The summed E-state index contributed by atoms with van der Waals surface area (Å²) in [7, 11) is 3.97. The molecule has 108 valence electrons. The minimum absolute atomic E-state index is 0.0252. The Morgan fingerprint density at radius 3 is 2.05 bits per heavy atom. The Hall–Kier alpha value is -1.07. The van der Waals surface area contributed by atoms with E-state index in [0.29, 0.717) is 0 Å². The van der Waals surface area contributed by atoms with E-state index >= 15 is 0 Å². The molecule has 1 aromatic carbocycles. The second-order valence-corrected chi connectivity index (χ2v) is 5.17. The van der Waals surface area contributed by atoms with Crippen molar-refractivity contribution in [2.45, 2.75) is 32.1 Å². The van der Waals surface area contributed by atoms with Gasteiger partial charge in [0.05, 0.1) is 5.56 Å². The second-order valence-electron chi connectivity index (χ2n) is 5.17. The molecule has 2 atom stereocenters. The maximum absolute atomic E-state index is 12.5. The third-order valence-corrected chi connectivity index (χ3v) is 2.91. The first kappa shape index (κ1) is 16.0. The highest BCUT2D eigenvalue weighted by Gasteiger charge is 2.30. The van der Waals surface area contributed by atoms with Crippen LogP contribution in [-0.4, -0.2) is 31.6 Å². The molecule has 1 aromatic rings. The van der Waals surface area contributed by atoms with Gasteiger partial charge >= 0.3 is 6.18 Å². The predicted octanol–water partition coefficient (Wildman–Crippen LogP) is 3.31. The van der Waals surface area contributed by atoms with Gasteiger partial charge in [-0.3, -0.25) is 0 Å². The number of nitrogens with one attached hydrogen (secondary N) is 1. The number of hydrogen-bond donors (Lipinski definition) is 1. The second kappa shape index (κ2) is 6.39. The summed E-state index contributed by atoms with van der Waals surface area (Å²) in [6.07, 6.45) is -4.27. The van der Waals surface area contributed by atoms with Crippen LogP contribution in [0.3, 0.4) is 0 Å². The zero-order valence-corrected chi connectivity index (χ0v) is 11.8. The molecule has 0 saturated heterocycles. The predicted molar refractivity (Wildman–Crippen MR) is 71.0 cm³/mol. The van der Waals surface area contributed by atoms with Crippen molar-refractivity contribution in [1.82, 2.24) is 10.2 Å². The van der Waals surface area contributed by atoms with Crippen LogP contribution in [0, 0.1) is 0 Å². The summed E-state index contributed by atoms with van der Waals surface area (Å²) in [6, 6.07) is 5.62. The average Bonchev–Trinajstić information content (AvgIpc) is 2.26. The number of alkyl halides is 3. The Balaban J connectivity index is 2.65. The van der Waals surface area contributed by atoms with Crippen molar-refractivity contribution in [2.24, 2.45) is 0 Å². The molecule has 2 nitrogen and oxygen atoms in total. The molecule has 19 heavy (non-hydrogen) atoms. The lowest BCUT2D eigenvalue weighted by atomic mass is 10.1. The minimum atomic E-state index is -4.27. The molecule has 0 aromatic heterocycles. The van der Waals surface area contributed by atoms with Crippen molar-refractivity contribution >= 4 is 0 Å². The lowest BCUT2D eigenvalue weighted by molar-refractivity contribution is -0.137. The lowest BCUT2D eigenvalue weighted by Gasteiger charge is -2.23. The van der Waals surface area contributed by atoms with Crippen molar-refractivity contribution in [3.63, 3.8) is 0 Å². The van der Waals surface area contributed by atoms with Crippen molar-refractivity contribution in [3.05, 3.63) is 35.4 Å². The number of hydrogen-bond acceptors (Lipinski definition) is 2. The Labute approximate surface area is 112 Å². The number of rotatable bonds is 5. The lowest BCUT2D eigenvalue weighted by Crippen LogP contribution is -2.37. The topological polar surface area (TPSA) is 15.3 Å². The summed E-state index contributed by atoms with van der Waals surface area (Å²) < 4.78 is 37.4. The molecule has 0 aliphatic heterocycles. The van der Waals surface area contributed by atoms with Gasteiger partial charge in [0.1, 0.15) is 0 Å². The van der Waals surface area contributed by atoms with Gasteiger partial charge in [-0.2, -0.15) is 13.2 Å². The van der Waals surface area contributed by atoms with Crippen LogP contribution >= 0.6 is 0 Å². The molecule has 0 aliphatic rings. The van der Waals surface area contributed by atoms with Gasteiger partial charge in [-0.05, 0) is 45.6 Å². The van der Waals surface area contributed by atoms with Crippen LogP contribution in [0.4, 0.5) is 13.2 Å². The summed E-state index contributed by atoms with van der Waals surface area (Å²) in [5, 5.41) is 3.36. The molecular weight excluding hydrogens is 253 g/mol. The largest absolute Gasteiger partial charge is 0.416 e. The van der Waals surface area contributed by atoms with E-state index in [0.717, 1.165) is 24.2 Å². The van der Waals surface area contributed by atoms with Gasteiger partial charge in [0, 0.05) is 18.6 Å². The smallest absolute Gasteiger partial charge is 0.308 e. The van der Waals surface area contributed by atoms with E-state index in [1.54, 1.807) is 0 Å². The third-order valence-electron chi connectivity index (χ3n) is 2.91. The van der Waals surface area contributed by atoms with Crippen molar-refractivity contribution in [1.29, 1.82) is 0 Å². The van der Waals surface area contributed by atoms with Crippen LogP contribution in [0.2, 0.25) is 0 Å². The van der Waals surface area contributed by atoms with Crippen molar-refractivity contribution < 1.29 is 13.2 Å². The first-order valence-electron chi connectivity index (χ1n) is 6.28. The Kier molecular flexibility index (Phi) is 5.38. The standard InChI is InChI=1S/C14H21F3N2/c1-10(9-19(3)4)18-11(2)12-5-7-13(8-6-12)14(15,16)17/h5-8,10-11,18H,9H2,1-4H3. The molecule has 1 rings (SSSR count). The zero-order valence-electron chi connectivity index (χ0n) is 11.8. The van der Waals surface area contributed by atoms with E-state index in [9.17, 15) is 13.2 Å². The first-order chi connectivity index (χ1) is 8.70. The molecular formula is C14H21F3N2. The van der Waals surface area contributed by atoms with Crippen molar-refractivity contribution in [3.8, 4) is 0 Å². The van der Waals surface area contributed by atoms with Crippen LogP contribution < -0.4 is 5.32 Å². The number of halogens is 3. The molecule has 0 heterocycles. The molecule has 0 bridgehead atoms. The van der Waals surface area contributed by atoms with Gasteiger partial charge in [0.25, 0.3) is 0 Å². The van der Waals surface area contributed by atoms with Gasteiger partial charge < -0.3 is 10.2 Å². The van der Waals surface area contributed by atoms with E-state index in [4.69, 9.17) is 0 Å². The molecule has 0 fully saturated rings. The van der Waals surface area contributed by atoms with Crippen molar-refractivity contribution in [2.75, 3.05) is 20.6 Å². The Morgan fingerprint density at radius 2 is 1.63 bits per heavy atom. The normalized spacial score (nSPS) is 15.6. The summed E-state index contributed by atoms with van der Waals surface area (Å²) in [4.78, 5) is 2.07. The Morgan fingerprint density at radius 1 is 1.11 bits per heavy atom. The molecule has 5 heteroatoms. The fourth-order valence-corrected chi connectivity index (χ4v) is 2.08. The van der Waals surface area contributed by atoms with Crippen LogP contribution in [0.15, 0.2) is 24.3 Å². The number of nitrogens with zero attached hydrogens (tertiary/aromatic N) is 1. The van der Waals surface area contributed by atoms with Gasteiger partial charge in [-0.1, -0.05) is 12.1 Å².